The van der Waals surface area contributed by atoms with Crippen molar-refractivity contribution >= 4 is 35.2 Å². The Labute approximate surface area is 273 Å². The molecule has 0 N–H and O–H groups in total. The molecule has 46 heavy (non-hydrogen) atoms. The van der Waals surface area contributed by atoms with E-state index in [4.69, 9.17) is 14.7 Å². The average molecular weight is 648 g/mol. The molecular weight excluding hydrogens is 605 g/mol. The number of carbonyl (C=O) groups is 3. The number of rotatable bonds is 7. The number of anilines is 1. The van der Waals surface area contributed by atoms with Gasteiger partial charge in [0, 0.05) is 42.6 Å². The van der Waals surface area contributed by atoms with E-state index in [0.29, 0.717) is 31.1 Å². The highest BCUT2D eigenvalue weighted by Crippen LogP contribution is 2.42. The summed E-state index contributed by atoms with van der Waals surface area (Å²) in [5, 5.41) is 0.909. The monoisotopic (exact) mass is 647 g/mol. The largest absolute Gasteiger partial charge is 0.450 e. The molecule has 0 atom stereocenters. The van der Waals surface area contributed by atoms with Crippen LogP contribution in [0.2, 0.25) is 0 Å². The number of nitrogens with zero attached hydrogens (tertiary/aromatic N) is 5. The standard InChI is InChI=1S/C35H42FN5O4S/c1-2-45-35(44)40-21-18-24(19-22-40)31-39-29(23-13-15-27(36)16-14-23)30(46-31)28-17-20-37-34(38-28)41(32(42)25-9-5-3-6-10-25)33(43)26-11-7-4-8-12-26/h13-17,20,24-26H,2-12,18-19,21-22H2,1H3. The highest BCUT2D eigenvalue weighted by molar-refractivity contribution is 7.15. The number of aromatic nitrogens is 3. The van der Waals surface area contributed by atoms with Crippen molar-refractivity contribution in [3.05, 3.63) is 47.4 Å². The van der Waals surface area contributed by atoms with Crippen molar-refractivity contribution in [2.75, 3.05) is 24.6 Å². The topological polar surface area (TPSA) is 106 Å². The average Bonchev–Trinajstić information content (AvgIpc) is 3.55. The highest BCUT2D eigenvalue weighted by atomic mass is 32.1. The molecule has 3 fully saturated rings. The number of hydrogen-bond acceptors (Lipinski definition) is 8. The fraction of sp³-hybridized carbons (Fsp3) is 0.543. The Bertz CT molecular complexity index is 1500. The van der Waals surface area contributed by atoms with Gasteiger partial charge in [-0.1, -0.05) is 38.5 Å². The van der Waals surface area contributed by atoms with E-state index in [1.807, 2.05) is 0 Å². The smallest absolute Gasteiger partial charge is 0.409 e. The molecule has 3 amide bonds. The number of halogens is 1. The summed E-state index contributed by atoms with van der Waals surface area (Å²) < 4.78 is 19.1. The summed E-state index contributed by atoms with van der Waals surface area (Å²) in [6.45, 7) is 3.29. The fourth-order valence-electron chi connectivity index (χ4n) is 6.96. The SMILES string of the molecule is CCOC(=O)N1CCC(c2nc(-c3ccc(F)cc3)c(-c3ccnc(N(C(=O)C4CCCCC4)C(=O)C4CCCCC4)n3)s2)CC1. The van der Waals surface area contributed by atoms with E-state index < -0.39 is 0 Å². The predicted molar refractivity (Wildman–Crippen MR) is 175 cm³/mol. The molecule has 0 unspecified atom stereocenters. The number of thiazole rings is 1. The maximum absolute atomic E-state index is 14.0. The van der Waals surface area contributed by atoms with Crippen LogP contribution < -0.4 is 4.90 Å². The normalized spacial score (nSPS) is 18.3. The van der Waals surface area contributed by atoms with Gasteiger partial charge in [-0.05, 0) is 75.8 Å². The van der Waals surface area contributed by atoms with Gasteiger partial charge in [0.15, 0.2) is 0 Å². The number of benzene rings is 1. The first-order valence-corrected chi connectivity index (χ1v) is 17.6. The first-order chi connectivity index (χ1) is 22.4. The molecule has 9 nitrogen and oxygen atoms in total. The maximum Gasteiger partial charge on any atom is 0.409 e. The van der Waals surface area contributed by atoms with Crippen molar-refractivity contribution in [3.8, 4) is 21.8 Å². The van der Waals surface area contributed by atoms with Crippen LogP contribution in [0, 0.1) is 17.7 Å². The summed E-state index contributed by atoms with van der Waals surface area (Å²) in [6, 6.07) is 8.01. The fourth-order valence-corrected chi connectivity index (χ4v) is 8.19. The lowest BCUT2D eigenvalue weighted by atomic mass is 9.86. The Hall–Kier alpha value is -3.73. The molecule has 2 aliphatic carbocycles. The minimum atomic E-state index is -0.338. The molecule has 2 aromatic heterocycles. The van der Waals surface area contributed by atoms with Gasteiger partial charge in [0.1, 0.15) is 5.82 Å². The lowest BCUT2D eigenvalue weighted by Gasteiger charge is -2.30. The van der Waals surface area contributed by atoms with Crippen molar-refractivity contribution in [2.45, 2.75) is 89.9 Å². The van der Waals surface area contributed by atoms with Gasteiger partial charge in [0.05, 0.1) is 27.9 Å². The molecule has 1 saturated heterocycles. The summed E-state index contributed by atoms with van der Waals surface area (Å²) in [6.07, 6.45) is 12.0. The van der Waals surface area contributed by atoms with E-state index in [0.717, 1.165) is 92.5 Å². The molecule has 0 radical (unpaired) electrons. The molecule has 0 spiro atoms. The number of ether oxygens (including phenoxy) is 1. The minimum absolute atomic E-state index is 0.117. The molecule has 0 bridgehead atoms. The lowest BCUT2D eigenvalue weighted by Crippen LogP contribution is -2.46. The quantitative estimate of drug-likeness (QED) is 0.241. The zero-order chi connectivity index (χ0) is 32.0. The summed E-state index contributed by atoms with van der Waals surface area (Å²) in [5.41, 5.74) is 1.98. The van der Waals surface area contributed by atoms with E-state index in [1.165, 1.54) is 28.4 Å². The van der Waals surface area contributed by atoms with Gasteiger partial charge in [-0.15, -0.1) is 11.3 Å². The zero-order valence-electron chi connectivity index (χ0n) is 26.5. The highest BCUT2D eigenvalue weighted by Gasteiger charge is 2.37. The number of likely N-dealkylation sites (tertiary alicyclic amines) is 1. The van der Waals surface area contributed by atoms with Crippen molar-refractivity contribution in [2.24, 2.45) is 11.8 Å². The minimum Gasteiger partial charge on any atom is -0.450 e. The van der Waals surface area contributed by atoms with Gasteiger partial charge in [-0.2, -0.15) is 0 Å². The van der Waals surface area contributed by atoms with Crippen LogP contribution in [0.4, 0.5) is 15.1 Å². The molecule has 2 saturated carbocycles. The Balaban J connectivity index is 1.35. The Kier molecular flexibility index (Phi) is 10.4. The van der Waals surface area contributed by atoms with Gasteiger partial charge < -0.3 is 9.64 Å². The van der Waals surface area contributed by atoms with Gasteiger partial charge in [-0.3, -0.25) is 9.59 Å². The summed E-state index contributed by atoms with van der Waals surface area (Å²) >= 11 is 1.51. The second-order valence-corrected chi connectivity index (χ2v) is 13.7. The predicted octanol–water partition coefficient (Wildman–Crippen LogP) is 7.76. The molecular formula is C35H42FN5O4S. The third kappa shape index (κ3) is 7.14. The molecule has 11 heteroatoms. The molecule has 3 heterocycles. The van der Waals surface area contributed by atoms with E-state index in [2.05, 4.69) is 4.98 Å². The number of amides is 3. The van der Waals surface area contributed by atoms with E-state index in [-0.39, 0.29) is 47.4 Å². The third-order valence-electron chi connectivity index (χ3n) is 9.56. The number of carbonyl (C=O) groups excluding carboxylic acids is 3. The summed E-state index contributed by atoms with van der Waals surface area (Å²) in [7, 11) is 0. The first kappa shape index (κ1) is 32.2. The lowest BCUT2D eigenvalue weighted by molar-refractivity contribution is -0.132. The van der Waals surface area contributed by atoms with E-state index in [1.54, 1.807) is 36.2 Å². The first-order valence-electron chi connectivity index (χ1n) is 16.8. The van der Waals surface area contributed by atoms with Crippen LogP contribution in [0.25, 0.3) is 21.8 Å². The number of hydrogen-bond donors (Lipinski definition) is 0. The maximum atomic E-state index is 14.0. The van der Waals surface area contributed by atoms with Crippen LogP contribution in [0.15, 0.2) is 36.5 Å². The second kappa shape index (κ2) is 14.8. The van der Waals surface area contributed by atoms with E-state index >= 15 is 0 Å². The summed E-state index contributed by atoms with van der Waals surface area (Å²) in [4.78, 5) is 58.6. The van der Waals surface area contributed by atoms with Crippen molar-refractivity contribution in [1.82, 2.24) is 19.9 Å². The summed E-state index contributed by atoms with van der Waals surface area (Å²) in [5.74, 6) is -0.894. The molecule has 3 aliphatic rings. The van der Waals surface area contributed by atoms with Gasteiger partial charge in [0.25, 0.3) is 0 Å². The van der Waals surface area contributed by atoms with Gasteiger partial charge in [0.2, 0.25) is 17.8 Å². The Morgan fingerprint density at radius 2 is 1.48 bits per heavy atom. The third-order valence-corrected chi connectivity index (χ3v) is 10.8. The van der Waals surface area contributed by atoms with Crippen molar-refractivity contribution < 1.29 is 23.5 Å². The Morgan fingerprint density at radius 1 is 0.870 bits per heavy atom. The van der Waals surface area contributed by atoms with Gasteiger partial charge >= 0.3 is 6.09 Å². The molecule has 1 aliphatic heterocycles. The van der Waals surface area contributed by atoms with Crippen LogP contribution in [0.5, 0.6) is 0 Å². The molecule has 244 valence electrons. The molecule has 1 aromatic carbocycles. The molecule has 3 aromatic rings. The van der Waals surface area contributed by atoms with Crippen molar-refractivity contribution in [3.63, 3.8) is 0 Å². The van der Waals surface area contributed by atoms with Crippen LogP contribution >= 0.6 is 11.3 Å². The van der Waals surface area contributed by atoms with Crippen LogP contribution in [-0.2, 0) is 14.3 Å². The molecule has 6 rings (SSSR count). The van der Waals surface area contributed by atoms with Gasteiger partial charge in [-0.25, -0.2) is 29.0 Å². The second-order valence-electron chi connectivity index (χ2n) is 12.6. The van der Waals surface area contributed by atoms with E-state index in [9.17, 15) is 18.8 Å². The van der Waals surface area contributed by atoms with Crippen LogP contribution in [-0.4, -0.2) is 57.5 Å². The van der Waals surface area contributed by atoms with Crippen LogP contribution in [0.1, 0.15) is 94.9 Å². The van der Waals surface area contributed by atoms with Crippen LogP contribution in [0.3, 0.4) is 0 Å². The number of piperidine rings is 1. The Morgan fingerprint density at radius 3 is 2.07 bits per heavy atom. The number of imide groups is 1. The zero-order valence-corrected chi connectivity index (χ0v) is 27.3. The van der Waals surface area contributed by atoms with Crippen molar-refractivity contribution in [1.29, 1.82) is 0 Å².